The summed E-state index contributed by atoms with van der Waals surface area (Å²) < 4.78 is 0.784. The average Bonchev–Trinajstić information content (AvgIpc) is 2.48. The number of halogens is 1. The van der Waals surface area contributed by atoms with Gasteiger partial charge in [-0.2, -0.15) is 0 Å². The molecule has 1 heterocycles. The molecule has 0 saturated heterocycles. The molecule has 0 bridgehead atoms. The summed E-state index contributed by atoms with van der Waals surface area (Å²) in [6.45, 7) is -0.102. The van der Waals surface area contributed by atoms with Crippen molar-refractivity contribution < 1.29 is 9.59 Å². The van der Waals surface area contributed by atoms with E-state index < -0.39 is 0 Å². The molecule has 1 aromatic carbocycles. The summed E-state index contributed by atoms with van der Waals surface area (Å²) in [6, 6.07) is 10.6. The lowest BCUT2D eigenvalue weighted by molar-refractivity contribution is -0.115. The minimum absolute atomic E-state index is 0.102. The van der Waals surface area contributed by atoms with Gasteiger partial charge in [-0.25, -0.2) is 0 Å². The molecule has 0 atom stereocenters. The second-order valence-electron chi connectivity index (χ2n) is 3.95. The lowest BCUT2D eigenvalue weighted by Gasteiger charge is -2.08. The Morgan fingerprint density at radius 3 is 2.65 bits per heavy atom. The largest absolute Gasteiger partial charge is 0.343 e. The van der Waals surface area contributed by atoms with Crippen LogP contribution in [-0.4, -0.2) is 23.3 Å². The number of nitrogens with one attached hydrogen (secondary N) is 2. The van der Waals surface area contributed by atoms with Crippen LogP contribution in [0.4, 0.5) is 5.69 Å². The highest BCUT2D eigenvalue weighted by Gasteiger charge is 2.09. The number of benzene rings is 1. The second kappa shape index (κ2) is 6.81. The molecular formula is C14H12BrN3O2. The van der Waals surface area contributed by atoms with Crippen molar-refractivity contribution in [1.82, 2.24) is 10.3 Å². The zero-order valence-electron chi connectivity index (χ0n) is 10.5. The number of aromatic nitrogens is 1. The maximum atomic E-state index is 11.7. The Bertz CT molecular complexity index is 617. The molecule has 0 unspecified atom stereocenters. The summed E-state index contributed by atoms with van der Waals surface area (Å²) in [7, 11) is 0. The molecule has 5 nitrogen and oxygen atoms in total. The van der Waals surface area contributed by atoms with E-state index in [1.165, 1.54) is 6.20 Å². The van der Waals surface area contributed by atoms with E-state index in [1.54, 1.807) is 24.4 Å². The van der Waals surface area contributed by atoms with Crippen molar-refractivity contribution in [1.29, 1.82) is 0 Å². The van der Waals surface area contributed by atoms with Gasteiger partial charge >= 0.3 is 0 Å². The molecule has 20 heavy (non-hydrogen) atoms. The Hall–Kier alpha value is -2.21. The smallest absolute Gasteiger partial charge is 0.253 e. The van der Waals surface area contributed by atoms with Gasteiger partial charge in [0.15, 0.2) is 0 Å². The number of rotatable bonds is 4. The SMILES string of the molecule is O=C(CNC(=O)c1cccnc1)Nc1ccccc1Br. The normalized spacial score (nSPS) is 9.85. The molecule has 1 aromatic heterocycles. The second-order valence-corrected chi connectivity index (χ2v) is 4.81. The minimum atomic E-state index is -0.333. The van der Waals surface area contributed by atoms with Crippen LogP contribution in [-0.2, 0) is 4.79 Å². The Labute approximate surface area is 124 Å². The van der Waals surface area contributed by atoms with E-state index in [2.05, 4.69) is 31.5 Å². The highest BCUT2D eigenvalue weighted by atomic mass is 79.9. The van der Waals surface area contributed by atoms with Crippen LogP contribution in [0.2, 0.25) is 0 Å². The average molecular weight is 334 g/mol. The highest BCUT2D eigenvalue weighted by Crippen LogP contribution is 2.20. The van der Waals surface area contributed by atoms with Crippen molar-refractivity contribution in [3.05, 3.63) is 58.8 Å². The first-order valence-electron chi connectivity index (χ1n) is 5.89. The molecule has 0 aliphatic carbocycles. The maximum Gasteiger partial charge on any atom is 0.253 e. The summed E-state index contributed by atoms with van der Waals surface area (Å²) in [4.78, 5) is 27.3. The molecule has 2 amide bonds. The van der Waals surface area contributed by atoms with Crippen molar-refractivity contribution in [2.75, 3.05) is 11.9 Å². The van der Waals surface area contributed by atoms with Gasteiger partial charge in [0.1, 0.15) is 0 Å². The van der Waals surface area contributed by atoms with Crippen LogP contribution in [0.15, 0.2) is 53.3 Å². The molecule has 2 rings (SSSR count). The third kappa shape index (κ3) is 3.89. The van der Waals surface area contributed by atoms with Crippen LogP contribution in [0.1, 0.15) is 10.4 Å². The Morgan fingerprint density at radius 1 is 1.15 bits per heavy atom. The maximum absolute atomic E-state index is 11.7. The van der Waals surface area contributed by atoms with Crippen molar-refractivity contribution in [2.45, 2.75) is 0 Å². The number of hydrogen-bond acceptors (Lipinski definition) is 3. The van der Waals surface area contributed by atoms with Gasteiger partial charge in [0.2, 0.25) is 5.91 Å². The molecule has 102 valence electrons. The molecule has 0 aliphatic rings. The van der Waals surface area contributed by atoms with Crippen molar-refractivity contribution >= 4 is 33.4 Å². The molecule has 2 aromatic rings. The lowest BCUT2D eigenvalue weighted by Crippen LogP contribution is -2.32. The Balaban J connectivity index is 1.87. The van der Waals surface area contributed by atoms with Crippen LogP contribution < -0.4 is 10.6 Å². The minimum Gasteiger partial charge on any atom is -0.343 e. The summed E-state index contributed by atoms with van der Waals surface area (Å²) >= 11 is 3.33. The first-order valence-corrected chi connectivity index (χ1v) is 6.69. The zero-order chi connectivity index (χ0) is 14.4. The predicted molar refractivity (Wildman–Crippen MR) is 79.3 cm³/mol. The molecule has 2 N–H and O–H groups in total. The number of hydrogen-bond donors (Lipinski definition) is 2. The fourth-order valence-electron chi connectivity index (χ4n) is 1.52. The van der Waals surface area contributed by atoms with E-state index in [0.29, 0.717) is 11.3 Å². The van der Waals surface area contributed by atoms with Gasteiger partial charge in [-0.05, 0) is 40.2 Å². The number of nitrogens with zero attached hydrogens (tertiary/aromatic N) is 1. The van der Waals surface area contributed by atoms with Gasteiger partial charge in [0.25, 0.3) is 5.91 Å². The molecule has 0 fully saturated rings. The van der Waals surface area contributed by atoms with Crippen LogP contribution >= 0.6 is 15.9 Å². The van der Waals surface area contributed by atoms with Crippen LogP contribution in [0.3, 0.4) is 0 Å². The number of anilines is 1. The van der Waals surface area contributed by atoms with Crippen LogP contribution in [0.25, 0.3) is 0 Å². The van der Waals surface area contributed by atoms with Crippen molar-refractivity contribution in [3.63, 3.8) is 0 Å². The van der Waals surface area contributed by atoms with E-state index in [-0.39, 0.29) is 18.4 Å². The van der Waals surface area contributed by atoms with Gasteiger partial charge in [-0.3, -0.25) is 14.6 Å². The highest BCUT2D eigenvalue weighted by molar-refractivity contribution is 9.10. The molecular weight excluding hydrogens is 322 g/mol. The van der Waals surface area contributed by atoms with Gasteiger partial charge < -0.3 is 10.6 Å². The number of para-hydroxylation sites is 1. The van der Waals surface area contributed by atoms with E-state index in [4.69, 9.17) is 0 Å². The van der Waals surface area contributed by atoms with Gasteiger partial charge in [-0.1, -0.05) is 12.1 Å². The first-order chi connectivity index (χ1) is 9.66. The topological polar surface area (TPSA) is 71.1 Å². The van der Waals surface area contributed by atoms with Crippen LogP contribution in [0, 0.1) is 0 Å². The Kier molecular flexibility index (Phi) is 4.84. The molecule has 0 spiro atoms. The zero-order valence-corrected chi connectivity index (χ0v) is 12.1. The standard InChI is InChI=1S/C14H12BrN3O2/c15-11-5-1-2-6-12(11)18-13(19)9-17-14(20)10-4-3-7-16-8-10/h1-8H,9H2,(H,17,20)(H,18,19). The summed E-state index contributed by atoms with van der Waals surface area (Å²) in [5.41, 5.74) is 1.08. The van der Waals surface area contributed by atoms with Gasteiger partial charge in [0.05, 0.1) is 17.8 Å². The number of carbonyl (C=O) groups is 2. The number of carbonyl (C=O) groups excluding carboxylic acids is 2. The van der Waals surface area contributed by atoms with E-state index in [1.807, 2.05) is 18.2 Å². The van der Waals surface area contributed by atoms with E-state index in [0.717, 1.165) is 4.47 Å². The monoisotopic (exact) mass is 333 g/mol. The van der Waals surface area contributed by atoms with E-state index in [9.17, 15) is 9.59 Å². The first kappa shape index (κ1) is 14.2. The molecule has 0 radical (unpaired) electrons. The van der Waals surface area contributed by atoms with E-state index >= 15 is 0 Å². The summed E-state index contributed by atoms with van der Waals surface area (Å²) in [5, 5.41) is 5.23. The number of amides is 2. The van der Waals surface area contributed by atoms with Crippen LogP contribution in [0.5, 0.6) is 0 Å². The third-order valence-corrected chi connectivity index (χ3v) is 3.17. The predicted octanol–water partition coefficient (Wildman–Crippen LogP) is 2.21. The molecule has 6 heteroatoms. The quantitative estimate of drug-likeness (QED) is 0.901. The van der Waals surface area contributed by atoms with Gasteiger partial charge in [-0.15, -0.1) is 0 Å². The van der Waals surface area contributed by atoms with Crippen molar-refractivity contribution in [3.8, 4) is 0 Å². The lowest BCUT2D eigenvalue weighted by atomic mass is 10.2. The third-order valence-electron chi connectivity index (χ3n) is 2.48. The molecule has 0 saturated carbocycles. The fraction of sp³-hybridized carbons (Fsp3) is 0.0714. The molecule has 0 aliphatic heterocycles. The van der Waals surface area contributed by atoms with Crippen molar-refractivity contribution in [2.24, 2.45) is 0 Å². The summed E-state index contributed by atoms with van der Waals surface area (Å²) in [5.74, 6) is -0.630. The summed E-state index contributed by atoms with van der Waals surface area (Å²) in [6.07, 6.45) is 3.03. The fourth-order valence-corrected chi connectivity index (χ4v) is 1.90. The van der Waals surface area contributed by atoms with Gasteiger partial charge in [0, 0.05) is 16.9 Å². The number of pyridine rings is 1. The Morgan fingerprint density at radius 2 is 1.95 bits per heavy atom.